The Labute approximate surface area is 111 Å². The highest BCUT2D eigenvalue weighted by Gasteiger charge is 2.33. The summed E-state index contributed by atoms with van der Waals surface area (Å²) in [7, 11) is -1.23. The molecule has 0 saturated heterocycles. The molecule has 18 heavy (non-hydrogen) atoms. The third-order valence-electron chi connectivity index (χ3n) is 3.04. The predicted octanol–water partition coefficient (Wildman–Crippen LogP) is 3.50. The summed E-state index contributed by atoms with van der Waals surface area (Å²) in [6.45, 7) is 10.2. The molecule has 4 heteroatoms. The Morgan fingerprint density at radius 2 is 2.00 bits per heavy atom. The lowest BCUT2D eigenvalue weighted by molar-refractivity contribution is 0.364. The van der Waals surface area contributed by atoms with E-state index in [4.69, 9.17) is 4.42 Å². The van der Waals surface area contributed by atoms with E-state index in [1.54, 1.807) is 6.26 Å². The van der Waals surface area contributed by atoms with Gasteiger partial charge >= 0.3 is 0 Å². The van der Waals surface area contributed by atoms with E-state index in [-0.39, 0.29) is 10.2 Å². The summed E-state index contributed by atoms with van der Waals surface area (Å²) in [5.74, 6) is 0.826. The summed E-state index contributed by atoms with van der Waals surface area (Å²) in [5, 5.41) is 0. The second-order valence-electron chi connectivity index (χ2n) is 6.69. The molecule has 1 aliphatic rings. The predicted molar refractivity (Wildman–Crippen MR) is 75.2 cm³/mol. The quantitative estimate of drug-likeness (QED) is 0.781. The molecule has 0 saturated carbocycles. The van der Waals surface area contributed by atoms with Gasteiger partial charge in [0.15, 0.2) is 5.76 Å². The average Bonchev–Trinajstić information content (AvgIpc) is 2.61. The molecule has 1 aliphatic carbocycles. The maximum absolute atomic E-state index is 12.2. The summed E-state index contributed by atoms with van der Waals surface area (Å²) in [4.78, 5) is 0. The van der Waals surface area contributed by atoms with Crippen LogP contribution in [0.1, 0.15) is 52.4 Å². The molecule has 0 radical (unpaired) electrons. The van der Waals surface area contributed by atoms with E-state index in [0.717, 1.165) is 24.3 Å². The normalized spacial score (nSPS) is 22.8. The molecule has 100 valence electrons. The van der Waals surface area contributed by atoms with Crippen LogP contribution in [0.3, 0.4) is 0 Å². The van der Waals surface area contributed by atoms with Gasteiger partial charge in [-0.2, -0.15) is 4.40 Å². The topological polar surface area (TPSA) is 42.6 Å². The first-order valence-electron chi connectivity index (χ1n) is 6.25. The van der Waals surface area contributed by atoms with E-state index in [2.05, 4.69) is 18.2 Å². The molecular formula is C14H21NO2S. The Balaban J connectivity index is 2.41. The van der Waals surface area contributed by atoms with Crippen molar-refractivity contribution in [2.24, 2.45) is 9.81 Å². The number of rotatable bonds is 1. The van der Waals surface area contributed by atoms with Gasteiger partial charge in [-0.1, -0.05) is 13.8 Å². The largest absolute Gasteiger partial charge is 0.463 e. The monoisotopic (exact) mass is 267 g/mol. The zero-order valence-corrected chi connectivity index (χ0v) is 12.6. The summed E-state index contributed by atoms with van der Waals surface area (Å²) in [5.41, 5.74) is 2.17. The van der Waals surface area contributed by atoms with Gasteiger partial charge in [-0.3, -0.25) is 0 Å². The van der Waals surface area contributed by atoms with Gasteiger partial charge in [0.1, 0.15) is 11.0 Å². The smallest absolute Gasteiger partial charge is 0.152 e. The Bertz CT molecular complexity index is 506. The van der Waals surface area contributed by atoms with Crippen LogP contribution in [0, 0.1) is 5.41 Å². The fourth-order valence-corrected chi connectivity index (χ4v) is 2.77. The SMILES string of the molecule is CC1(C)CC(=NS(=O)C(C)(C)C)c2occc2C1. The number of furan rings is 1. The second-order valence-corrected chi connectivity index (χ2v) is 8.60. The fourth-order valence-electron chi connectivity index (χ4n) is 2.15. The van der Waals surface area contributed by atoms with Crippen LogP contribution in [0.5, 0.6) is 0 Å². The Hall–Kier alpha value is -0.900. The van der Waals surface area contributed by atoms with Gasteiger partial charge in [-0.05, 0) is 45.1 Å². The third-order valence-corrected chi connectivity index (χ3v) is 4.47. The van der Waals surface area contributed by atoms with Crippen molar-refractivity contribution in [3.63, 3.8) is 0 Å². The van der Waals surface area contributed by atoms with E-state index in [1.807, 2.05) is 26.8 Å². The van der Waals surface area contributed by atoms with Crippen LogP contribution in [0.4, 0.5) is 0 Å². The molecular weight excluding hydrogens is 246 g/mol. The molecule has 0 aliphatic heterocycles. The van der Waals surface area contributed by atoms with Gasteiger partial charge < -0.3 is 4.42 Å². The van der Waals surface area contributed by atoms with Gasteiger partial charge in [0.25, 0.3) is 0 Å². The average molecular weight is 267 g/mol. The highest BCUT2D eigenvalue weighted by Crippen LogP contribution is 2.36. The minimum Gasteiger partial charge on any atom is -0.463 e. The van der Waals surface area contributed by atoms with Crippen molar-refractivity contribution < 1.29 is 8.63 Å². The van der Waals surface area contributed by atoms with Crippen LogP contribution in [-0.4, -0.2) is 14.7 Å². The van der Waals surface area contributed by atoms with Crippen molar-refractivity contribution in [3.8, 4) is 0 Å². The van der Waals surface area contributed by atoms with E-state index >= 15 is 0 Å². The lowest BCUT2D eigenvalue weighted by Gasteiger charge is -2.29. The van der Waals surface area contributed by atoms with Gasteiger partial charge in [-0.25, -0.2) is 4.21 Å². The van der Waals surface area contributed by atoms with Gasteiger partial charge in [0.2, 0.25) is 0 Å². The molecule has 1 aromatic heterocycles. The summed E-state index contributed by atoms with van der Waals surface area (Å²) < 4.78 is 21.7. The Kier molecular flexibility index (Phi) is 3.26. The second kappa shape index (κ2) is 4.34. The van der Waals surface area contributed by atoms with Crippen molar-refractivity contribution in [2.75, 3.05) is 0 Å². The molecule has 0 spiro atoms. The lowest BCUT2D eigenvalue weighted by Crippen LogP contribution is -2.28. The minimum atomic E-state index is -1.23. The molecule has 1 heterocycles. The molecule has 3 nitrogen and oxygen atoms in total. The zero-order chi connectivity index (χ0) is 13.6. The van der Waals surface area contributed by atoms with Crippen molar-refractivity contribution in [1.82, 2.24) is 0 Å². The Morgan fingerprint density at radius 3 is 2.61 bits per heavy atom. The van der Waals surface area contributed by atoms with Gasteiger partial charge in [-0.15, -0.1) is 0 Å². The molecule has 1 aromatic rings. The van der Waals surface area contributed by atoms with E-state index in [0.29, 0.717) is 0 Å². The molecule has 0 N–H and O–H groups in total. The van der Waals surface area contributed by atoms with E-state index in [1.165, 1.54) is 5.56 Å². The zero-order valence-electron chi connectivity index (χ0n) is 11.7. The van der Waals surface area contributed by atoms with Crippen molar-refractivity contribution in [1.29, 1.82) is 0 Å². The van der Waals surface area contributed by atoms with Crippen LogP contribution < -0.4 is 0 Å². The summed E-state index contributed by atoms with van der Waals surface area (Å²) in [6, 6.07) is 1.99. The summed E-state index contributed by atoms with van der Waals surface area (Å²) >= 11 is 0. The summed E-state index contributed by atoms with van der Waals surface area (Å²) in [6.07, 6.45) is 3.50. The Morgan fingerprint density at radius 1 is 1.33 bits per heavy atom. The molecule has 1 atom stereocenters. The molecule has 0 aromatic carbocycles. The van der Waals surface area contributed by atoms with Crippen molar-refractivity contribution in [3.05, 3.63) is 23.7 Å². The minimum absolute atomic E-state index is 0.151. The van der Waals surface area contributed by atoms with Crippen molar-refractivity contribution >= 4 is 16.7 Å². The first kappa shape index (κ1) is 13.5. The number of nitrogens with zero attached hydrogens (tertiary/aromatic N) is 1. The van der Waals surface area contributed by atoms with Crippen LogP contribution >= 0.6 is 0 Å². The van der Waals surface area contributed by atoms with Crippen LogP contribution in [0.25, 0.3) is 0 Å². The number of fused-ring (bicyclic) bond motifs is 1. The molecule has 1 unspecified atom stereocenters. The number of hydrogen-bond donors (Lipinski definition) is 0. The third kappa shape index (κ3) is 2.74. The molecule has 0 amide bonds. The highest BCUT2D eigenvalue weighted by atomic mass is 32.2. The fraction of sp³-hybridized carbons (Fsp3) is 0.643. The molecule has 0 fully saturated rings. The highest BCUT2D eigenvalue weighted by molar-refractivity contribution is 7.85. The van der Waals surface area contributed by atoms with Crippen LogP contribution in [-0.2, 0) is 17.4 Å². The van der Waals surface area contributed by atoms with Crippen LogP contribution in [0.2, 0.25) is 0 Å². The first-order valence-corrected chi connectivity index (χ1v) is 7.36. The van der Waals surface area contributed by atoms with Gasteiger partial charge in [0.05, 0.1) is 16.7 Å². The standard InChI is InChI=1S/C14H21NO2S/c1-13(2,3)18(16)15-11-9-14(4,5)8-10-6-7-17-12(10)11/h6-7H,8-9H2,1-5H3. The maximum atomic E-state index is 12.2. The molecule has 2 rings (SSSR count). The first-order chi connectivity index (χ1) is 8.19. The van der Waals surface area contributed by atoms with Crippen LogP contribution in [0.15, 0.2) is 21.1 Å². The lowest BCUT2D eigenvalue weighted by atomic mass is 9.76. The van der Waals surface area contributed by atoms with E-state index < -0.39 is 11.0 Å². The number of hydrogen-bond acceptors (Lipinski definition) is 2. The molecule has 0 bridgehead atoms. The van der Waals surface area contributed by atoms with Gasteiger partial charge in [0, 0.05) is 5.56 Å². The van der Waals surface area contributed by atoms with Crippen molar-refractivity contribution in [2.45, 2.75) is 52.2 Å². The van der Waals surface area contributed by atoms with E-state index in [9.17, 15) is 4.21 Å². The maximum Gasteiger partial charge on any atom is 0.152 e.